The molecule has 1 aromatic rings. The molecule has 1 heterocycles. The van der Waals surface area contributed by atoms with Crippen LogP contribution in [0.2, 0.25) is 0 Å². The van der Waals surface area contributed by atoms with Gasteiger partial charge >= 0.3 is 0 Å². The minimum atomic E-state index is -0.532. The summed E-state index contributed by atoms with van der Waals surface area (Å²) in [7, 11) is 0. The van der Waals surface area contributed by atoms with Gasteiger partial charge in [0.15, 0.2) is 11.9 Å². The van der Waals surface area contributed by atoms with Crippen LogP contribution >= 0.6 is 0 Å². The van der Waals surface area contributed by atoms with E-state index in [1.54, 1.807) is 0 Å². The quantitative estimate of drug-likeness (QED) is 0.747. The molecular formula is C12H11NO2. The molecule has 0 spiro atoms. The molecule has 0 aromatic heterocycles. The van der Waals surface area contributed by atoms with Crippen LogP contribution in [0.25, 0.3) is 0 Å². The molecule has 0 amide bonds. The molecule has 0 bridgehead atoms. The summed E-state index contributed by atoms with van der Waals surface area (Å²) in [5, 5.41) is 0. The fourth-order valence-corrected chi connectivity index (χ4v) is 1.30. The molecule has 76 valence electrons. The number of hydrogen-bond donors (Lipinski definition) is 0. The molecule has 0 radical (unpaired) electrons. The Bertz CT molecular complexity index is 395. The molecule has 1 aromatic carbocycles. The lowest BCUT2D eigenvalue weighted by atomic mass is 10.2. The highest BCUT2D eigenvalue weighted by Gasteiger charge is 2.15. The van der Waals surface area contributed by atoms with Crippen molar-refractivity contribution in [1.29, 1.82) is 0 Å². The first kappa shape index (κ1) is 9.80. The zero-order valence-electron chi connectivity index (χ0n) is 8.17. The largest absolute Gasteiger partial charge is 0.360 e. The van der Waals surface area contributed by atoms with Crippen LogP contribution in [0.3, 0.4) is 0 Å². The van der Waals surface area contributed by atoms with E-state index in [4.69, 9.17) is 4.74 Å². The molecule has 15 heavy (non-hydrogen) atoms. The van der Waals surface area contributed by atoms with Crippen LogP contribution in [0.4, 0.5) is 0 Å². The maximum Gasteiger partial charge on any atom is 0.191 e. The maximum atomic E-state index is 11.3. The topological polar surface area (TPSA) is 38.7 Å². The van der Waals surface area contributed by atoms with E-state index in [0.29, 0.717) is 6.61 Å². The number of carbonyl (C=O) groups excluding carboxylic acids is 1. The van der Waals surface area contributed by atoms with E-state index in [1.165, 1.54) is 18.5 Å². The third-order valence-corrected chi connectivity index (χ3v) is 2.10. The SMILES string of the molecule is O=C1C=CN=CC1OCc1ccccc1. The fraction of sp³-hybridized carbons (Fsp3) is 0.167. The van der Waals surface area contributed by atoms with Crippen molar-refractivity contribution in [2.75, 3.05) is 0 Å². The Labute approximate surface area is 88.1 Å². The van der Waals surface area contributed by atoms with Crippen LogP contribution in [-0.4, -0.2) is 18.1 Å². The van der Waals surface area contributed by atoms with Crippen LogP contribution in [-0.2, 0) is 16.1 Å². The number of hydrogen-bond acceptors (Lipinski definition) is 3. The van der Waals surface area contributed by atoms with Gasteiger partial charge in [-0.15, -0.1) is 0 Å². The smallest absolute Gasteiger partial charge is 0.191 e. The zero-order valence-corrected chi connectivity index (χ0v) is 8.17. The first-order chi connectivity index (χ1) is 7.36. The average Bonchev–Trinajstić information content (AvgIpc) is 2.29. The highest BCUT2D eigenvalue weighted by atomic mass is 16.5. The third kappa shape index (κ3) is 2.60. The lowest BCUT2D eigenvalue weighted by Gasteiger charge is -2.12. The molecule has 3 nitrogen and oxygen atoms in total. The fourth-order valence-electron chi connectivity index (χ4n) is 1.30. The Hall–Kier alpha value is -1.74. The molecule has 0 saturated heterocycles. The minimum Gasteiger partial charge on any atom is -0.360 e. The lowest BCUT2D eigenvalue weighted by Crippen LogP contribution is -2.25. The molecule has 1 aliphatic rings. The third-order valence-electron chi connectivity index (χ3n) is 2.10. The van der Waals surface area contributed by atoms with Gasteiger partial charge in [-0.05, 0) is 5.56 Å². The predicted molar refractivity (Wildman–Crippen MR) is 57.7 cm³/mol. The summed E-state index contributed by atoms with van der Waals surface area (Å²) in [6, 6.07) is 9.74. The number of benzene rings is 1. The zero-order chi connectivity index (χ0) is 10.5. The van der Waals surface area contributed by atoms with Crippen molar-refractivity contribution in [2.45, 2.75) is 12.7 Å². The van der Waals surface area contributed by atoms with Gasteiger partial charge in [0.25, 0.3) is 0 Å². The molecule has 2 rings (SSSR count). The van der Waals surface area contributed by atoms with Crippen molar-refractivity contribution < 1.29 is 9.53 Å². The summed E-state index contributed by atoms with van der Waals surface area (Å²) < 4.78 is 5.43. The van der Waals surface area contributed by atoms with E-state index >= 15 is 0 Å². The summed E-state index contributed by atoms with van der Waals surface area (Å²) in [4.78, 5) is 15.2. The Morgan fingerprint density at radius 3 is 2.80 bits per heavy atom. The molecule has 0 N–H and O–H groups in total. The van der Waals surface area contributed by atoms with Gasteiger partial charge in [0.1, 0.15) is 0 Å². The van der Waals surface area contributed by atoms with Crippen molar-refractivity contribution in [3.63, 3.8) is 0 Å². The molecule has 1 atom stereocenters. The van der Waals surface area contributed by atoms with Gasteiger partial charge in [-0.25, -0.2) is 0 Å². The first-order valence-electron chi connectivity index (χ1n) is 4.75. The monoisotopic (exact) mass is 201 g/mol. The predicted octanol–water partition coefficient (Wildman–Crippen LogP) is 1.74. The number of ketones is 1. The second-order valence-electron chi connectivity index (χ2n) is 3.23. The number of ether oxygens (including phenoxy) is 1. The highest BCUT2D eigenvalue weighted by Crippen LogP contribution is 2.05. The van der Waals surface area contributed by atoms with Crippen molar-refractivity contribution in [3.8, 4) is 0 Å². The van der Waals surface area contributed by atoms with Gasteiger partial charge in [-0.2, -0.15) is 0 Å². The van der Waals surface area contributed by atoms with E-state index < -0.39 is 6.10 Å². The normalized spacial score (nSPS) is 19.5. The highest BCUT2D eigenvalue weighted by molar-refractivity contribution is 6.06. The van der Waals surface area contributed by atoms with Crippen molar-refractivity contribution in [3.05, 3.63) is 48.2 Å². The van der Waals surface area contributed by atoms with Crippen molar-refractivity contribution in [1.82, 2.24) is 0 Å². The minimum absolute atomic E-state index is 0.0547. The summed E-state index contributed by atoms with van der Waals surface area (Å²) in [5.74, 6) is -0.0547. The molecule has 0 saturated carbocycles. The van der Waals surface area contributed by atoms with Gasteiger partial charge in [-0.3, -0.25) is 9.79 Å². The van der Waals surface area contributed by atoms with E-state index in [9.17, 15) is 4.79 Å². The average molecular weight is 201 g/mol. The second kappa shape index (κ2) is 4.66. The van der Waals surface area contributed by atoms with Crippen LogP contribution in [0, 0.1) is 0 Å². The van der Waals surface area contributed by atoms with Gasteiger partial charge in [-0.1, -0.05) is 30.3 Å². The Morgan fingerprint density at radius 1 is 1.27 bits per heavy atom. The van der Waals surface area contributed by atoms with E-state index in [1.807, 2.05) is 30.3 Å². The molecule has 0 aliphatic carbocycles. The van der Waals surface area contributed by atoms with Crippen LogP contribution < -0.4 is 0 Å². The first-order valence-corrected chi connectivity index (χ1v) is 4.75. The van der Waals surface area contributed by atoms with Gasteiger partial charge in [0.05, 0.1) is 6.61 Å². The number of rotatable bonds is 3. The second-order valence-corrected chi connectivity index (χ2v) is 3.23. The Balaban J connectivity index is 1.91. The van der Waals surface area contributed by atoms with E-state index in [0.717, 1.165) is 5.56 Å². The summed E-state index contributed by atoms with van der Waals surface area (Å²) in [6.07, 6.45) is 3.89. The summed E-state index contributed by atoms with van der Waals surface area (Å²) in [5.41, 5.74) is 1.05. The van der Waals surface area contributed by atoms with E-state index in [2.05, 4.69) is 4.99 Å². The Kier molecular flexibility index (Phi) is 3.05. The van der Waals surface area contributed by atoms with Crippen LogP contribution in [0.1, 0.15) is 5.56 Å². The summed E-state index contributed by atoms with van der Waals surface area (Å²) in [6.45, 7) is 0.428. The van der Waals surface area contributed by atoms with Crippen molar-refractivity contribution >= 4 is 12.0 Å². The molecule has 1 aliphatic heterocycles. The number of carbonyl (C=O) groups is 1. The lowest BCUT2D eigenvalue weighted by molar-refractivity contribution is -0.122. The molecule has 3 heteroatoms. The molecule has 0 fully saturated rings. The molecule has 1 unspecified atom stereocenters. The maximum absolute atomic E-state index is 11.3. The van der Waals surface area contributed by atoms with Gasteiger partial charge in [0.2, 0.25) is 0 Å². The molecular weight excluding hydrogens is 190 g/mol. The number of aliphatic imine (C=N–C) groups is 1. The van der Waals surface area contributed by atoms with Gasteiger partial charge in [0, 0.05) is 18.5 Å². The van der Waals surface area contributed by atoms with Crippen molar-refractivity contribution in [2.24, 2.45) is 4.99 Å². The number of nitrogens with zero attached hydrogens (tertiary/aromatic N) is 1. The Morgan fingerprint density at radius 2 is 2.07 bits per heavy atom. The standard InChI is InChI=1S/C12H11NO2/c14-11-6-7-13-8-12(11)15-9-10-4-2-1-3-5-10/h1-8,12H,9H2. The van der Waals surface area contributed by atoms with Gasteiger partial charge < -0.3 is 4.74 Å². The summed E-state index contributed by atoms with van der Waals surface area (Å²) >= 11 is 0. The van der Waals surface area contributed by atoms with Crippen LogP contribution in [0.5, 0.6) is 0 Å². The van der Waals surface area contributed by atoms with E-state index in [-0.39, 0.29) is 5.78 Å². The van der Waals surface area contributed by atoms with Crippen LogP contribution in [0.15, 0.2) is 47.6 Å².